The zero-order chi connectivity index (χ0) is 15.2. The maximum absolute atomic E-state index is 6.33. The molecule has 1 aromatic carbocycles. The molecule has 1 unspecified atom stereocenters. The molecule has 0 spiro atoms. The molecule has 0 saturated carbocycles. The predicted molar refractivity (Wildman–Crippen MR) is 93.1 cm³/mol. The smallest absolute Gasteiger partial charge is 0.0454 e. The van der Waals surface area contributed by atoms with Crippen LogP contribution in [0, 0.1) is 0 Å². The summed E-state index contributed by atoms with van der Waals surface area (Å²) >= 11 is 15.8. The molecule has 0 amide bonds. The van der Waals surface area contributed by atoms with E-state index in [1.54, 1.807) is 0 Å². The molecule has 1 heterocycles. The molecular weight excluding hydrogens is 371 g/mol. The van der Waals surface area contributed by atoms with Crippen molar-refractivity contribution in [2.45, 2.75) is 25.8 Å². The lowest BCUT2D eigenvalue weighted by molar-refractivity contribution is 0.524. The van der Waals surface area contributed by atoms with Gasteiger partial charge in [-0.25, -0.2) is 0 Å². The van der Waals surface area contributed by atoms with Crippen molar-refractivity contribution in [3.63, 3.8) is 0 Å². The fourth-order valence-electron chi connectivity index (χ4n) is 2.13. The Hall–Kier alpha value is -0.610. The largest absolute Gasteiger partial charge is 0.310 e. The molecule has 0 saturated heterocycles. The van der Waals surface area contributed by atoms with Crippen molar-refractivity contribution in [1.29, 1.82) is 0 Å². The molecule has 1 aromatic heterocycles. The van der Waals surface area contributed by atoms with Crippen molar-refractivity contribution in [2.75, 3.05) is 6.54 Å². The first-order valence-electron chi connectivity index (χ1n) is 6.89. The van der Waals surface area contributed by atoms with E-state index in [9.17, 15) is 0 Å². The Morgan fingerprint density at radius 3 is 2.71 bits per heavy atom. The van der Waals surface area contributed by atoms with Crippen LogP contribution in [-0.2, 0) is 6.42 Å². The summed E-state index contributed by atoms with van der Waals surface area (Å²) in [7, 11) is 0. The van der Waals surface area contributed by atoms with Crippen LogP contribution in [0.3, 0.4) is 0 Å². The minimum atomic E-state index is 0.102. The molecule has 21 heavy (non-hydrogen) atoms. The maximum Gasteiger partial charge on any atom is 0.0454 e. The van der Waals surface area contributed by atoms with Crippen LogP contribution >= 0.6 is 39.1 Å². The SMILES string of the molecule is CCCNC(Cc1ccc(Br)cn1)c1cc(Cl)ccc1Cl. The van der Waals surface area contributed by atoms with E-state index in [4.69, 9.17) is 23.2 Å². The van der Waals surface area contributed by atoms with E-state index in [1.165, 1.54) is 0 Å². The molecule has 0 bridgehead atoms. The van der Waals surface area contributed by atoms with E-state index >= 15 is 0 Å². The molecule has 2 rings (SSSR count). The highest BCUT2D eigenvalue weighted by molar-refractivity contribution is 9.10. The highest BCUT2D eigenvalue weighted by Crippen LogP contribution is 2.28. The number of benzene rings is 1. The second-order valence-corrected chi connectivity index (χ2v) is 6.60. The first-order valence-corrected chi connectivity index (χ1v) is 8.43. The van der Waals surface area contributed by atoms with Gasteiger partial charge in [0.25, 0.3) is 0 Å². The highest BCUT2D eigenvalue weighted by Gasteiger charge is 2.16. The number of nitrogens with one attached hydrogen (secondary N) is 1. The van der Waals surface area contributed by atoms with Crippen molar-refractivity contribution >= 4 is 39.1 Å². The Balaban J connectivity index is 2.25. The second kappa shape index (κ2) is 8.14. The fraction of sp³-hybridized carbons (Fsp3) is 0.312. The predicted octanol–water partition coefficient (Wildman–Crippen LogP) is 5.43. The van der Waals surface area contributed by atoms with Gasteiger partial charge in [-0.1, -0.05) is 30.1 Å². The van der Waals surface area contributed by atoms with E-state index in [0.717, 1.165) is 40.1 Å². The van der Waals surface area contributed by atoms with Crippen LogP contribution in [0.1, 0.15) is 30.6 Å². The normalized spacial score (nSPS) is 12.4. The van der Waals surface area contributed by atoms with Gasteiger partial charge in [0.2, 0.25) is 0 Å². The van der Waals surface area contributed by atoms with Crippen LogP contribution in [0.4, 0.5) is 0 Å². The molecule has 5 heteroatoms. The lowest BCUT2D eigenvalue weighted by atomic mass is 10.0. The van der Waals surface area contributed by atoms with Gasteiger partial charge in [0, 0.05) is 38.9 Å². The van der Waals surface area contributed by atoms with Crippen molar-refractivity contribution < 1.29 is 0 Å². The fourth-order valence-corrected chi connectivity index (χ4v) is 2.79. The number of pyridine rings is 1. The second-order valence-electron chi connectivity index (χ2n) is 4.84. The van der Waals surface area contributed by atoms with Gasteiger partial charge in [-0.2, -0.15) is 0 Å². The number of hydrogen-bond donors (Lipinski definition) is 1. The van der Waals surface area contributed by atoms with Crippen LogP contribution < -0.4 is 5.32 Å². The Bertz CT molecular complexity index is 587. The maximum atomic E-state index is 6.33. The molecular formula is C16H17BrCl2N2. The third kappa shape index (κ3) is 4.96. The summed E-state index contributed by atoms with van der Waals surface area (Å²) in [5.74, 6) is 0. The van der Waals surface area contributed by atoms with Gasteiger partial charge in [-0.3, -0.25) is 4.98 Å². The summed E-state index contributed by atoms with van der Waals surface area (Å²) in [5.41, 5.74) is 2.03. The average molecular weight is 388 g/mol. The first kappa shape index (κ1) is 16.8. The standard InChI is InChI=1S/C16H17BrCl2N2/c1-2-7-20-16(9-13-5-3-11(17)10-21-13)14-8-12(18)4-6-15(14)19/h3-6,8,10,16,20H,2,7,9H2,1H3. The van der Waals surface area contributed by atoms with Crippen molar-refractivity contribution in [3.05, 3.63) is 62.3 Å². The Labute approximate surface area is 144 Å². The van der Waals surface area contributed by atoms with Crippen LogP contribution in [0.25, 0.3) is 0 Å². The third-order valence-corrected chi connectivity index (χ3v) is 4.22. The summed E-state index contributed by atoms with van der Waals surface area (Å²) < 4.78 is 0.977. The summed E-state index contributed by atoms with van der Waals surface area (Å²) in [4.78, 5) is 4.44. The van der Waals surface area contributed by atoms with Crippen LogP contribution in [0.2, 0.25) is 10.0 Å². The van der Waals surface area contributed by atoms with Gasteiger partial charge in [0.15, 0.2) is 0 Å². The van der Waals surface area contributed by atoms with E-state index < -0.39 is 0 Å². The number of halogens is 3. The summed E-state index contributed by atoms with van der Waals surface area (Å²) in [6.45, 7) is 3.06. The molecule has 2 nitrogen and oxygen atoms in total. The van der Waals surface area contributed by atoms with Gasteiger partial charge in [0.05, 0.1) is 0 Å². The van der Waals surface area contributed by atoms with Crippen molar-refractivity contribution in [3.8, 4) is 0 Å². The summed E-state index contributed by atoms with van der Waals surface area (Å²) in [6.07, 6.45) is 3.64. The van der Waals surface area contributed by atoms with Gasteiger partial charge in [-0.05, 0) is 64.8 Å². The summed E-state index contributed by atoms with van der Waals surface area (Å²) in [5, 5.41) is 4.94. The molecule has 0 aliphatic rings. The zero-order valence-corrected chi connectivity index (χ0v) is 14.8. The van der Waals surface area contributed by atoms with Gasteiger partial charge in [-0.15, -0.1) is 0 Å². The number of rotatable bonds is 6. The molecule has 1 atom stereocenters. The first-order chi connectivity index (χ1) is 10.1. The van der Waals surface area contributed by atoms with Crippen molar-refractivity contribution in [1.82, 2.24) is 10.3 Å². The molecule has 112 valence electrons. The summed E-state index contributed by atoms with van der Waals surface area (Å²) in [6, 6.07) is 9.69. The molecule has 0 radical (unpaired) electrons. The third-order valence-electron chi connectivity index (χ3n) is 3.18. The lowest BCUT2D eigenvalue weighted by Crippen LogP contribution is -2.24. The van der Waals surface area contributed by atoms with Crippen molar-refractivity contribution in [2.24, 2.45) is 0 Å². The van der Waals surface area contributed by atoms with Crippen LogP contribution in [-0.4, -0.2) is 11.5 Å². The molecule has 0 aliphatic heterocycles. The van der Waals surface area contributed by atoms with E-state index in [-0.39, 0.29) is 6.04 Å². The van der Waals surface area contributed by atoms with Crippen LogP contribution in [0.5, 0.6) is 0 Å². The average Bonchev–Trinajstić information content (AvgIpc) is 2.48. The monoisotopic (exact) mass is 386 g/mol. The quantitative estimate of drug-likeness (QED) is 0.714. The molecule has 0 aliphatic carbocycles. The van der Waals surface area contributed by atoms with Gasteiger partial charge in [0.1, 0.15) is 0 Å². The Morgan fingerprint density at radius 2 is 2.05 bits per heavy atom. The number of hydrogen-bond acceptors (Lipinski definition) is 2. The molecule has 2 aromatic rings. The minimum absolute atomic E-state index is 0.102. The molecule has 1 N–H and O–H groups in total. The number of aromatic nitrogens is 1. The highest BCUT2D eigenvalue weighted by atomic mass is 79.9. The van der Waals surface area contributed by atoms with E-state index in [0.29, 0.717) is 5.02 Å². The van der Waals surface area contributed by atoms with Gasteiger partial charge < -0.3 is 5.32 Å². The van der Waals surface area contributed by atoms with Gasteiger partial charge >= 0.3 is 0 Å². The van der Waals surface area contributed by atoms with E-state index in [2.05, 4.69) is 33.2 Å². The zero-order valence-electron chi connectivity index (χ0n) is 11.7. The Kier molecular flexibility index (Phi) is 6.49. The number of nitrogens with zero attached hydrogens (tertiary/aromatic N) is 1. The van der Waals surface area contributed by atoms with E-state index in [1.807, 2.05) is 36.5 Å². The lowest BCUT2D eigenvalue weighted by Gasteiger charge is -2.20. The Morgan fingerprint density at radius 1 is 1.24 bits per heavy atom. The minimum Gasteiger partial charge on any atom is -0.310 e. The van der Waals surface area contributed by atoms with Crippen LogP contribution in [0.15, 0.2) is 41.0 Å². The topological polar surface area (TPSA) is 24.9 Å². The molecule has 0 fully saturated rings.